The molecule has 0 bridgehead atoms. The van der Waals surface area contributed by atoms with Crippen molar-refractivity contribution in [1.29, 1.82) is 0 Å². The van der Waals surface area contributed by atoms with Crippen molar-refractivity contribution >= 4 is 16.0 Å². The quantitative estimate of drug-likeness (QED) is 0.0385. The monoisotopic (exact) mass is 613 g/mol. The van der Waals surface area contributed by atoms with Crippen LogP contribution in [-0.4, -0.2) is 53.1 Å². The lowest BCUT2D eigenvalue weighted by Crippen LogP contribution is -2.50. The van der Waals surface area contributed by atoms with Crippen molar-refractivity contribution in [3.05, 3.63) is 36.5 Å². The number of unbranched alkanes of at least 4 members (excludes halogenated alkanes) is 16. The molecule has 0 radical (unpaired) electrons. The first-order chi connectivity index (χ1) is 20.2. The van der Waals surface area contributed by atoms with E-state index in [1.807, 2.05) is 0 Å². The predicted molar refractivity (Wildman–Crippen MR) is 176 cm³/mol. The van der Waals surface area contributed by atoms with Crippen LogP contribution >= 0.6 is 0 Å². The Bertz CT molecular complexity index is 824. The van der Waals surface area contributed by atoms with Gasteiger partial charge in [0.15, 0.2) is 0 Å². The standard InChI is InChI=1S/C34H63NO6S/c1-3-5-7-9-11-13-14-15-16-17-18-19-21-22-24-26-28-32(36)31(30-42(39,40)41)35-34(38)33(37)29-27-25-23-20-12-10-8-6-4-2/h10,12,19,21,26,28,31-33,36-37H,3-9,11,13-18,20,22-25,27,29-30H2,1-2H3,(H,35,38)(H,39,40,41)/b12-10-,21-19+,28-26+. The average molecular weight is 614 g/mol. The minimum absolute atomic E-state index is 0.251. The van der Waals surface area contributed by atoms with Crippen molar-refractivity contribution < 1.29 is 28.0 Å². The molecule has 0 aliphatic carbocycles. The van der Waals surface area contributed by atoms with Crippen molar-refractivity contribution in [2.24, 2.45) is 0 Å². The summed E-state index contributed by atoms with van der Waals surface area (Å²) in [6.07, 6.45) is 32.2. The van der Waals surface area contributed by atoms with Crippen LogP contribution in [-0.2, 0) is 14.9 Å². The third-order valence-electron chi connectivity index (χ3n) is 7.40. The smallest absolute Gasteiger partial charge is 0.267 e. The summed E-state index contributed by atoms with van der Waals surface area (Å²) in [6, 6.07) is -1.25. The zero-order valence-electron chi connectivity index (χ0n) is 26.7. The van der Waals surface area contributed by atoms with Gasteiger partial charge in [-0.25, -0.2) is 0 Å². The highest BCUT2D eigenvalue weighted by atomic mass is 32.2. The van der Waals surface area contributed by atoms with Gasteiger partial charge in [-0.05, 0) is 51.4 Å². The van der Waals surface area contributed by atoms with E-state index in [-0.39, 0.29) is 6.42 Å². The van der Waals surface area contributed by atoms with Gasteiger partial charge in [0, 0.05) is 0 Å². The largest absolute Gasteiger partial charge is 0.387 e. The summed E-state index contributed by atoms with van der Waals surface area (Å²) < 4.78 is 32.2. The summed E-state index contributed by atoms with van der Waals surface area (Å²) in [6.45, 7) is 4.41. The summed E-state index contributed by atoms with van der Waals surface area (Å²) in [4.78, 5) is 12.4. The van der Waals surface area contributed by atoms with Gasteiger partial charge in [0.05, 0.1) is 17.9 Å². The third kappa shape index (κ3) is 27.4. The first-order valence-electron chi connectivity index (χ1n) is 16.8. The van der Waals surface area contributed by atoms with E-state index in [1.165, 1.54) is 83.1 Å². The molecule has 0 aromatic rings. The van der Waals surface area contributed by atoms with E-state index in [2.05, 4.69) is 43.5 Å². The molecule has 42 heavy (non-hydrogen) atoms. The second-order valence-electron chi connectivity index (χ2n) is 11.6. The molecular weight excluding hydrogens is 550 g/mol. The van der Waals surface area contributed by atoms with Crippen LogP contribution in [0.1, 0.15) is 149 Å². The molecule has 0 aromatic carbocycles. The molecule has 3 unspecified atom stereocenters. The maximum Gasteiger partial charge on any atom is 0.267 e. The lowest BCUT2D eigenvalue weighted by Gasteiger charge is -2.22. The Morgan fingerprint density at radius 2 is 1.10 bits per heavy atom. The molecule has 4 N–H and O–H groups in total. The van der Waals surface area contributed by atoms with Gasteiger partial charge >= 0.3 is 0 Å². The van der Waals surface area contributed by atoms with E-state index < -0.39 is 40.0 Å². The molecule has 246 valence electrons. The maximum absolute atomic E-state index is 12.4. The number of allylic oxidation sites excluding steroid dienone is 5. The Hall–Kier alpha value is -1.48. The van der Waals surface area contributed by atoms with Crippen LogP contribution in [0.2, 0.25) is 0 Å². The fourth-order valence-corrected chi connectivity index (χ4v) is 5.48. The Labute approximate surface area is 258 Å². The van der Waals surface area contributed by atoms with E-state index in [0.29, 0.717) is 12.8 Å². The Balaban J connectivity index is 4.25. The van der Waals surface area contributed by atoms with Crippen molar-refractivity contribution in [2.75, 3.05) is 5.75 Å². The molecule has 0 fully saturated rings. The molecule has 0 aromatic heterocycles. The van der Waals surface area contributed by atoms with Crippen LogP contribution in [0.4, 0.5) is 0 Å². The first kappa shape index (κ1) is 40.5. The van der Waals surface area contributed by atoms with Gasteiger partial charge < -0.3 is 15.5 Å². The van der Waals surface area contributed by atoms with Gasteiger partial charge in [-0.3, -0.25) is 9.35 Å². The SMILES string of the molecule is CCCC/C=C\CCCCCC(O)C(=O)NC(CS(=O)(=O)O)C(O)/C=C/CC/C=C/CCCCCCCCCCCC. The highest BCUT2D eigenvalue weighted by Crippen LogP contribution is 2.12. The molecule has 0 heterocycles. The van der Waals surface area contributed by atoms with Crippen molar-refractivity contribution in [3.8, 4) is 0 Å². The summed E-state index contributed by atoms with van der Waals surface area (Å²) in [7, 11) is -4.44. The maximum atomic E-state index is 12.4. The van der Waals surface area contributed by atoms with Gasteiger partial charge in [0.1, 0.15) is 6.10 Å². The summed E-state index contributed by atoms with van der Waals surface area (Å²) in [5, 5.41) is 23.1. The molecule has 8 heteroatoms. The van der Waals surface area contributed by atoms with Crippen molar-refractivity contribution in [2.45, 2.75) is 167 Å². The van der Waals surface area contributed by atoms with E-state index >= 15 is 0 Å². The number of hydrogen-bond donors (Lipinski definition) is 4. The average Bonchev–Trinajstić information content (AvgIpc) is 2.94. The normalized spacial score (nSPS) is 14.7. The molecule has 3 atom stereocenters. The molecule has 0 spiro atoms. The molecule has 0 aliphatic rings. The van der Waals surface area contributed by atoms with Crippen LogP contribution in [0.15, 0.2) is 36.5 Å². The lowest BCUT2D eigenvalue weighted by atomic mass is 10.1. The van der Waals surface area contributed by atoms with Crippen LogP contribution < -0.4 is 5.32 Å². The molecule has 7 nitrogen and oxygen atoms in total. The van der Waals surface area contributed by atoms with Crippen molar-refractivity contribution in [1.82, 2.24) is 5.32 Å². The second-order valence-corrected chi connectivity index (χ2v) is 13.1. The number of nitrogens with one attached hydrogen (secondary N) is 1. The van der Waals surface area contributed by atoms with Crippen molar-refractivity contribution in [3.63, 3.8) is 0 Å². The van der Waals surface area contributed by atoms with E-state index in [9.17, 15) is 28.0 Å². The molecule has 0 rings (SSSR count). The second kappa shape index (κ2) is 28.3. The van der Waals surface area contributed by atoms with Crippen LogP contribution in [0.25, 0.3) is 0 Å². The van der Waals surface area contributed by atoms with Gasteiger partial charge in [-0.1, -0.05) is 134 Å². The number of aliphatic hydroxyl groups excluding tert-OH is 2. The molecule has 0 saturated carbocycles. The Morgan fingerprint density at radius 3 is 1.64 bits per heavy atom. The fraction of sp³-hybridized carbons (Fsp3) is 0.794. The van der Waals surface area contributed by atoms with Gasteiger partial charge in [-0.15, -0.1) is 0 Å². The van der Waals surface area contributed by atoms with E-state index in [4.69, 9.17) is 0 Å². The van der Waals surface area contributed by atoms with E-state index in [1.54, 1.807) is 6.08 Å². The number of amides is 1. The summed E-state index contributed by atoms with van der Waals surface area (Å²) in [5.41, 5.74) is 0. The number of carbonyl (C=O) groups excluding carboxylic acids is 1. The van der Waals surface area contributed by atoms with Crippen LogP contribution in [0.3, 0.4) is 0 Å². The molecule has 0 saturated heterocycles. The number of carbonyl (C=O) groups is 1. The molecule has 0 aliphatic heterocycles. The fourth-order valence-electron chi connectivity index (χ4n) is 4.74. The highest BCUT2D eigenvalue weighted by Gasteiger charge is 2.27. The topological polar surface area (TPSA) is 124 Å². The molecular formula is C34H63NO6S. The third-order valence-corrected chi connectivity index (χ3v) is 8.18. The van der Waals surface area contributed by atoms with E-state index in [0.717, 1.165) is 38.5 Å². The number of rotatable bonds is 29. The summed E-state index contributed by atoms with van der Waals surface area (Å²) in [5.74, 6) is -1.58. The minimum atomic E-state index is -4.44. The lowest BCUT2D eigenvalue weighted by molar-refractivity contribution is -0.130. The highest BCUT2D eigenvalue weighted by molar-refractivity contribution is 7.85. The van der Waals surface area contributed by atoms with Gasteiger partial charge in [0.25, 0.3) is 10.1 Å². The van der Waals surface area contributed by atoms with Gasteiger partial charge in [-0.2, -0.15) is 8.42 Å². The Morgan fingerprint density at radius 1 is 0.643 bits per heavy atom. The summed E-state index contributed by atoms with van der Waals surface area (Å²) >= 11 is 0. The van der Waals surface area contributed by atoms with Crippen LogP contribution in [0, 0.1) is 0 Å². The first-order valence-corrected chi connectivity index (χ1v) is 18.4. The number of aliphatic hydroxyl groups is 2. The predicted octanol–water partition coefficient (Wildman–Crippen LogP) is 7.98. The van der Waals surface area contributed by atoms with Crippen LogP contribution in [0.5, 0.6) is 0 Å². The Kier molecular flexibility index (Phi) is 27.3. The minimum Gasteiger partial charge on any atom is -0.387 e. The van der Waals surface area contributed by atoms with Gasteiger partial charge in [0.2, 0.25) is 5.91 Å². The number of hydrogen-bond acceptors (Lipinski definition) is 5. The molecule has 1 amide bonds. The zero-order chi connectivity index (χ0) is 31.3. The zero-order valence-corrected chi connectivity index (χ0v) is 27.5.